The molecule has 0 spiro atoms. The predicted molar refractivity (Wildman–Crippen MR) is 137 cm³/mol. The van der Waals surface area contributed by atoms with Gasteiger partial charge in [0.05, 0.1) is 34.4 Å². The largest absolute Gasteiger partial charge is 0.452 e. The van der Waals surface area contributed by atoms with Crippen molar-refractivity contribution in [2.45, 2.75) is 26.3 Å². The Balaban J connectivity index is 1.70. The van der Waals surface area contributed by atoms with Gasteiger partial charge in [-0.15, -0.1) is 0 Å². The van der Waals surface area contributed by atoms with Gasteiger partial charge < -0.3 is 14.9 Å². The molecule has 0 bridgehead atoms. The minimum Gasteiger partial charge on any atom is -0.452 e. The smallest absolute Gasteiger partial charge is 0.256 e. The topological polar surface area (TPSA) is 86.5 Å². The Morgan fingerprint density at radius 1 is 1.11 bits per heavy atom. The zero-order chi connectivity index (χ0) is 24.9. The number of rotatable bonds is 8. The van der Waals surface area contributed by atoms with Gasteiger partial charge in [-0.25, -0.2) is 10.3 Å². The molecule has 180 valence electrons. The lowest BCUT2D eigenvalue weighted by Gasteiger charge is -2.21. The van der Waals surface area contributed by atoms with E-state index in [1.165, 1.54) is 12.3 Å². The van der Waals surface area contributed by atoms with Crippen molar-refractivity contribution in [1.82, 2.24) is 10.3 Å². The van der Waals surface area contributed by atoms with Gasteiger partial charge in [-0.2, -0.15) is 0 Å². The Morgan fingerprint density at radius 3 is 2.69 bits per heavy atom. The number of fused-ring (bicyclic) bond motifs is 1. The third-order valence-electron chi connectivity index (χ3n) is 5.70. The average Bonchev–Trinajstić information content (AvgIpc) is 2.83. The van der Waals surface area contributed by atoms with Crippen molar-refractivity contribution in [3.63, 3.8) is 0 Å². The first-order chi connectivity index (χ1) is 16.9. The molecule has 1 heterocycles. The number of aryl methyl sites for hydroxylation is 2. The number of hydrogen-bond acceptors (Lipinski definition) is 5. The molecule has 0 saturated heterocycles. The minimum atomic E-state index is -0.573. The van der Waals surface area contributed by atoms with Crippen LogP contribution in [-0.4, -0.2) is 23.5 Å². The normalized spacial score (nSPS) is 11.9. The van der Waals surface area contributed by atoms with Gasteiger partial charge in [-0.3, -0.25) is 9.78 Å². The molecule has 6 nitrogen and oxygen atoms in total. The number of carbonyl (C=O) groups is 1. The van der Waals surface area contributed by atoms with Gasteiger partial charge in [0.1, 0.15) is 0 Å². The van der Waals surface area contributed by atoms with Crippen molar-refractivity contribution < 1.29 is 18.8 Å². The standard InChI is InChI=1S/C27H25BrFN3O3/c1-16-10-11-18(17(2)12-16)13-19(15-34-30)32-27(33)25-20-6-3-4-8-22(20)31-14-24(25)35-23-9-5-7-21(28)26(23)29/h3-12,14,19H,13,15,30H2,1-2H3,(H,32,33)/t19-/m1/s1. The number of nitrogens with two attached hydrogens (primary N) is 1. The third-order valence-corrected chi connectivity index (χ3v) is 6.31. The monoisotopic (exact) mass is 537 g/mol. The van der Waals surface area contributed by atoms with Crippen molar-refractivity contribution in [2.24, 2.45) is 5.90 Å². The Labute approximate surface area is 211 Å². The van der Waals surface area contributed by atoms with Crippen LogP contribution in [0.25, 0.3) is 10.9 Å². The third kappa shape index (κ3) is 5.67. The molecule has 4 aromatic rings. The van der Waals surface area contributed by atoms with Crippen LogP contribution in [0.3, 0.4) is 0 Å². The van der Waals surface area contributed by atoms with E-state index < -0.39 is 17.8 Å². The van der Waals surface area contributed by atoms with E-state index in [9.17, 15) is 9.18 Å². The maximum Gasteiger partial charge on any atom is 0.256 e. The first-order valence-corrected chi connectivity index (χ1v) is 11.8. The second-order valence-corrected chi connectivity index (χ2v) is 9.16. The molecule has 0 aliphatic rings. The first-order valence-electron chi connectivity index (χ1n) is 11.1. The Hall–Kier alpha value is -3.33. The van der Waals surface area contributed by atoms with Gasteiger partial charge in [-0.05, 0) is 65.5 Å². The number of carbonyl (C=O) groups excluding carboxylic acids is 1. The number of pyridine rings is 1. The van der Waals surface area contributed by atoms with Crippen molar-refractivity contribution in [3.05, 3.63) is 99.4 Å². The summed E-state index contributed by atoms with van der Waals surface area (Å²) in [7, 11) is 0. The van der Waals surface area contributed by atoms with E-state index >= 15 is 0 Å². The fourth-order valence-electron chi connectivity index (χ4n) is 3.98. The number of benzene rings is 3. The number of nitrogens with one attached hydrogen (secondary N) is 1. The van der Waals surface area contributed by atoms with Crippen molar-refractivity contribution >= 4 is 32.7 Å². The first kappa shape index (κ1) is 24.8. The van der Waals surface area contributed by atoms with Crippen molar-refractivity contribution in [2.75, 3.05) is 6.61 Å². The highest BCUT2D eigenvalue weighted by Gasteiger charge is 2.23. The molecule has 0 aliphatic carbocycles. The Bertz CT molecular complexity index is 1380. The zero-order valence-electron chi connectivity index (χ0n) is 19.3. The highest BCUT2D eigenvalue weighted by Crippen LogP contribution is 2.33. The average molecular weight is 538 g/mol. The molecule has 1 aromatic heterocycles. The number of hydrogen-bond donors (Lipinski definition) is 2. The lowest BCUT2D eigenvalue weighted by atomic mass is 9.99. The molecule has 3 aromatic carbocycles. The summed E-state index contributed by atoms with van der Waals surface area (Å²) in [5.41, 5.74) is 4.21. The van der Waals surface area contributed by atoms with Crippen LogP contribution < -0.4 is 16.0 Å². The number of halogens is 2. The summed E-state index contributed by atoms with van der Waals surface area (Å²) in [6, 6.07) is 17.7. The van der Waals surface area contributed by atoms with Gasteiger partial charge in [0.25, 0.3) is 5.91 Å². The highest BCUT2D eigenvalue weighted by molar-refractivity contribution is 9.10. The van der Waals surface area contributed by atoms with Gasteiger partial charge in [0.15, 0.2) is 17.3 Å². The van der Waals surface area contributed by atoms with E-state index in [2.05, 4.69) is 32.3 Å². The lowest BCUT2D eigenvalue weighted by Crippen LogP contribution is -2.40. The molecule has 4 rings (SSSR count). The lowest BCUT2D eigenvalue weighted by molar-refractivity contribution is 0.0839. The van der Waals surface area contributed by atoms with Gasteiger partial charge in [0.2, 0.25) is 0 Å². The second kappa shape index (κ2) is 10.9. The zero-order valence-corrected chi connectivity index (χ0v) is 20.9. The summed E-state index contributed by atoms with van der Waals surface area (Å²) < 4.78 is 20.7. The second-order valence-electron chi connectivity index (χ2n) is 8.31. The summed E-state index contributed by atoms with van der Waals surface area (Å²) in [5, 5.41) is 3.59. The molecule has 0 aliphatic heterocycles. The van der Waals surface area contributed by atoms with Crippen LogP contribution in [0, 0.1) is 19.7 Å². The molecule has 0 unspecified atom stereocenters. The summed E-state index contributed by atoms with van der Waals surface area (Å²) in [5.74, 6) is 4.52. The summed E-state index contributed by atoms with van der Waals surface area (Å²) in [4.78, 5) is 22.9. The summed E-state index contributed by atoms with van der Waals surface area (Å²) >= 11 is 3.16. The van der Waals surface area contributed by atoms with E-state index in [4.69, 9.17) is 15.5 Å². The summed E-state index contributed by atoms with van der Waals surface area (Å²) in [6.45, 7) is 4.17. The van der Waals surface area contributed by atoms with Gasteiger partial charge >= 0.3 is 0 Å². The number of ether oxygens (including phenoxy) is 1. The van der Waals surface area contributed by atoms with Crippen LogP contribution in [0.15, 0.2) is 71.3 Å². The molecule has 35 heavy (non-hydrogen) atoms. The van der Waals surface area contributed by atoms with E-state index in [0.717, 1.165) is 16.7 Å². The van der Waals surface area contributed by atoms with Crippen molar-refractivity contribution in [3.8, 4) is 11.5 Å². The molecule has 0 fully saturated rings. The molecular formula is C27H25BrFN3O3. The van der Waals surface area contributed by atoms with Crippen LogP contribution in [-0.2, 0) is 11.3 Å². The van der Waals surface area contributed by atoms with Crippen LogP contribution >= 0.6 is 15.9 Å². The van der Waals surface area contributed by atoms with E-state index in [-0.39, 0.29) is 28.1 Å². The number of para-hydroxylation sites is 1. The maximum absolute atomic E-state index is 14.6. The molecule has 1 atom stereocenters. The van der Waals surface area contributed by atoms with E-state index in [0.29, 0.717) is 17.3 Å². The van der Waals surface area contributed by atoms with Crippen LogP contribution in [0.2, 0.25) is 0 Å². The van der Waals surface area contributed by atoms with E-state index in [1.807, 2.05) is 32.0 Å². The fourth-order valence-corrected chi connectivity index (χ4v) is 4.33. The Kier molecular flexibility index (Phi) is 7.75. The van der Waals surface area contributed by atoms with Crippen LogP contribution in [0.1, 0.15) is 27.0 Å². The number of aromatic nitrogens is 1. The summed E-state index contributed by atoms with van der Waals surface area (Å²) in [6.07, 6.45) is 1.95. The number of nitrogens with zero attached hydrogens (tertiary/aromatic N) is 1. The highest BCUT2D eigenvalue weighted by atomic mass is 79.9. The number of amides is 1. The maximum atomic E-state index is 14.6. The molecule has 0 saturated carbocycles. The van der Waals surface area contributed by atoms with Crippen molar-refractivity contribution in [1.29, 1.82) is 0 Å². The Morgan fingerprint density at radius 2 is 1.91 bits per heavy atom. The molecular weight excluding hydrogens is 513 g/mol. The predicted octanol–water partition coefficient (Wildman–Crippen LogP) is 5.78. The van der Waals surface area contributed by atoms with E-state index in [1.54, 1.807) is 30.3 Å². The molecule has 1 amide bonds. The SMILES string of the molecule is Cc1ccc(C[C@H](CON)NC(=O)c2c(Oc3cccc(Br)c3F)cnc3ccccc23)c(C)c1. The van der Waals surface area contributed by atoms with Gasteiger partial charge in [0, 0.05) is 5.39 Å². The van der Waals surface area contributed by atoms with Crippen LogP contribution in [0.5, 0.6) is 11.5 Å². The molecule has 8 heteroatoms. The fraction of sp³-hybridized carbons (Fsp3) is 0.185. The van der Waals surface area contributed by atoms with Gasteiger partial charge in [-0.1, -0.05) is 48.0 Å². The minimum absolute atomic E-state index is 0.0253. The van der Waals surface area contributed by atoms with Crippen LogP contribution in [0.4, 0.5) is 4.39 Å². The quantitative estimate of drug-likeness (QED) is 0.278. The molecule has 0 radical (unpaired) electrons. The molecule has 3 N–H and O–H groups in total.